The van der Waals surface area contributed by atoms with Crippen molar-refractivity contribution in [2.24, 2.45) is 5.92 Å². The third kappa shape index (κ3) is 4.64. The first-order valence-corrected chi connectivity index (χ1v) is 6.67. The highest BCUT2D eigenvalue weighted by Crippen LogP contribution is 2.24. The van der Waals surface area contributed by atoms with E-state index in [2.05, 4.69) is 5.32 Å². The molecule has 0 spiro atoms. The third-order valence-electron chi connectivity index (χ3n) is 3.34. The van der Waals surface area contributed by atoms with Crippen molar-refractivity contribution in [1.82, 2.24) is 10.2 Å². The normalized spacial score (nSPS) is 18.6. The first-order chi connectivity index (χ1) is 9.27. The summed E-state index contributed by atoms with van der Waals surface area (Å²) < 4.78 is 10.3. The number of hydrogen-bond donors (Lipinski definition) is 2. The number of carbonyl (C=O) groups excluding carboxylic acids is 1. The summed E-state index contributed by atoms with van der Waals surface area (Å²) in [5.74, 6) is -0.732. The molecule has 1 fully saturated rings. The number of carboxylic acid groups (broad SMARTS) is 1. The number of likely N-dealkylation sites (tertiary alicyclic amines) is 1. The van der Waals surface area contributed by atoms with Crippen LogP contribution < -0.4 is 5.32 Å². The van der Waals surface area contributed by atoms with Crippen LogP contribution in [0.5, 0.6) is 0 Å². The molecule has 1 unspecified atom stereocenters. The maximum Gasteiger partial charge on any atom is 0.329 e. The average molecular weight is 288 g/mol. The zero-order chi connectivity index (χ0) is 15.3. The highest BCUT2D eigenvalue weighted by atomic mass is 16.5. The van der Waals surface area contributed by atoms with Crippen molar-refractivity contribution in [3.05, 3.63) is 0 Å². The fraction of sp³-hybridized carbons (Fsp3) is 0.846. The fourth-order valence-corrected chi connectivity index (χ4v) is 2.06. The van der Waals surface area contributed by atoms with Gasteiger partial charge in [-0.1, -0.05) is 13.8 Å². The highest BCUT2D eigenvalue weighted by Gasteiger charge is 2.43. The minimum absolute atomic E-state index is 0.0423. The molecule has 0 aliphatic carbocycles. The first kappa shape index (κ1) is 16.7. The molecule has 1 atom stereocenters. The molecule has 1 rings (SSSR count). The maximum absolute atomic E-state index is 12.0. The van der Waals surface area contributed by atoms with Gasteiger partial charge in [-0.15, -0.1) is 0 Å². The molecule has 1 saturated heterocycles. The number of carboxylic acids is 1. The third-order valence-corrected chi connectivity index (χ3v) is 3.34. The van der Waals surface area contributed by atoms with E-state index in [0.29, 0.717) is 19.7 Å². The summed E-state index contributed by atoms with van der Waals surface area (Å²) in [4.78, 5) is 24.1. The summed E-state index contributed by atoms with van der Waals surface area (Å²) >= 11 is 0. The topological polar surface area (TPSA) is 88.1 Å². The molecule has 7 nitrogen and oxygen atoms in total. The molecular formula is C13H24N2O5. The smallest absolute Gasteiger partial charge is 0.329 e. The Morgan fingerprint density at radius 1 is 1.40 bits per heavy atom. The minimum atomic E-state index is -1.01. The molecule has 20 heavy (non-hydrogen) atoms. The number of aliphatic carboxylic acids is 1. The molecule has 2 amide bonds. The zero-order valence-corrected chi connectivity index (χ0v) is 12.5. The number of nitrogens with zero attached hydrogens (tertiary/aromatic N) is 1. The summed E-state index contributed by atoms with van der Waals surface area (Å²) in [5.41, 5.74) is -0.565. The number of ether oxygens (including phenoxy) is 2. The Morgan fingerprint density at radius 3 is 2.45 bits per heavy atom. The second kappa shape index (κ2) is 6.90. The van der Waals surface area contributed by atoms with Crippen molar-refractivity contribution in [3.8, 4) is 0 Å². The van der Waals surface area contributed by atoms with Crippen LogP contribution in [0.4, 0.5) is 4.79 Å². The number of rotatable bonds is 7. The zero-order valence-electron chi connectivity index (χ0n) is 12.5. The van der Waals surface area contributed by atoms with Gasteiger partial charge in [0.05, 0.1) is 25.7 Å². The van der Waals surface area contributed by atoms with Crippen LogP contribution in [-0.4, -0.2) is 67.1 Å². The Morgan fingerprint density at radius 2 is 2.00 bits per heavy atom. The highest BCUT2D eigenvalue weighted by molar-refractivity contribution is 5.76. The molecule has 0 bridgehead atoms. The second-order valence-electron chi connectivity index (χ2n) is 5.74. The van der Waals surface area contributed by atoms with Crippen molar-refractivity contribution >= 4 is 12.0 Å². The number of amides is 2. The van der Waals surface area contributed by atoms with E-state index in [1.54, 1.807) is 18.9 Å². The molecule has 1 aliphatic heterocycles. The minimum Gasteiger partial charge on any atom is -0.480 e. The lowest BCUT2D eigenvalue weighted by atomic mass is 9.97. The predicted molar refractivity (Wildman–Crippen MR) is 72.6 cm³/mol. The van der Waals surface area contributed by atoms with Crippen LogP contribution in [0.15, 0.2) is 0 Å². The van der Waals surface area contributed by atoms with Gasteiger partial charge in [0.2, 0.25) is 0 Å². The van der Waals surface area contributed by atoms with Crippen LogP contribution in [0.25, 0.3) is 0 Å². The molecule has 0 aromatic heterocycles. The Balaban J connectivity index is 2.38. The van der Waals surface area contributed by atoms with E-state index in [-0.39, 0.29) is 24.6 Å². The van der Waals surface area contributed by atoms with E-state index in [9.17, 15) is 9.59 Å². The SMILES string of the molecule is COCC(NC(=O)N1CC(C)(OCC(=O)O)C1)C(C)C. The van der Waals surface area contributed by atoms with Gasteiger partial charge in [0, 0.05) is 7.11 Å². The lowest BCUT2D eigenvalue weighted by Crippen LogP contribution is -2.66. The number of nitrogens with one attached hydrogen (secondary N) is 1. The molecule has 116 valence electrons. The van der Waals surface area contributed by atoms with Crippen molar-refractivity contribution < 1.29 is 24.2 Å². The van der Waals surface area contributed by atoms with Crippen molar-refractivity contribution in [1.29, 1.82) is 0 Å². The van der Waals surface area contributed by atoms with Crippen LogP contribution in [0.1, 0.15) is 20.8 Å². The van der Waals surface area contributed by atoms with Gasteiger partial charge < -0.3 is 24.8 Å². The standard InChI is InChI=1S/C13H24N2O5/c1-9(2)10(5-19-4)14-12(18)15-7-13(3,8-15)20-6-11(16)17/h9-10H,5-8H2,1-4H3,(H,14,18)(H,16,17). The number of carbonyl (C=O) groups is 2. The van der Waals surface area contributed by atoms with Gasteiger partial charge in [0.15, 0.2) is 0 Å². The molecule has 7 heteroatoms. The van der Waals surface area contributed by atoms with Gasteiger partial charge in [-0.05, 0) is 12.8 Å². The van der Waals surface area contributed by atoms with E-state index >= 15 is 0 Å². The predicted octanol–water partition coefficient (Wildman–Crippen LogP) is 0.543. The largest absolute Gasteiger partial charge is 0.480 e. The van der Waals surface area contributed by atoms with Gasteiger partial charge in [-0.3, -0.25) is 0 Å². The van der Waals surface area contributed by atoms with Crippen LogP contribution in [0.2, 0.25) is 0 Å². The van der Waals surface area contributed by atoms with Crippen LogP contribution in [0.3, 0.4) is 0 Å². The molecule has 2 N–H and O–H groups in total. The Bertz CT molecular complexity index is 353. The number of urea groups is 1. The lowest BCUT2D eigenvalue weighted by molar-refractivity contribution is -0.159. The van der Waals surface area contributed by atoms with Gasteiger partial charge in [-0.2, -0.15) is 0 Å². The van der Waals surface area contributed by atoms with E-state index < -0.39 is 11.6 Å². The Kier molecular flexibility index (Phi) is 5.76. The summed E-state index contributed by atoms with van der Waals surface area (Å²) in [7, 11) is 1.60. The van der Waals surface area contributed by atoms with E-state index in [1.807, 2.05) is 13.8 Å². The summed E-state index contributed by atoms with van der Waals surface area (Å²) in [5, 5.41) is 11.5. The molecule has 0 saturated carbocycles. The van der Waals surface area contributed by atoms with Gasteiger partial charge in [0.25, 0.3) is 0 Å². The molecular weight excluding hydrogens is 264 g/mol. The van der Waals surface area contributed by atoms with Gasteiger partial charge in [0.1, 0.15) is 12.2 Å². The summed E-state index contributed by atoms with van der Waals surface area (Å²) in [6.45, 7) is 6.73. The van der Waals surface area contributed by atoms with Gasteiger partial charge >= 0.3 is 12.0 Å². The van der Waals surface area contributed by atoms with Gasteiger partial charge in [-0.25, -0.2) is 9.59 Å². The quantitative estimate of drug-likeness (QED) is 0.714. The molecule has 1 heterocycles. The van der Waals surface area contributed by atoms with E-state index in [4.69, 9.17) is 14.6 Å². The van der Waals surface area contributed by atoms with Crippen LogP contribution in [0, 0.1) is 5.92 Å². The lowest BCUT2D eigenvalue weighted by Gasteiger charge is -2.47. The maximum atomic E-state index is 12.0. The Hall–Kier alpha value is -1.34. The molecule has 0 aromatic carbocycles. The van der Waals surface area contributed by atoms with Crippen LogP contribution >= 0.6 is 0 Å². The van der Waals surface area contributed by atoms with Crippen LogP contribution in [-0.2, 0) is 14.3 Å². The molecule has 1 aliphatic rings. The fourth-order valence-electron chi connectivity index (χ4n) is 2.06. The van der Waals surface area contributed by atoms with E-state index in [1.165, 1.54) is 0 Å². The van der Waals surface area contributed by atoms with Crippen molar-refractivity contribution in [2.75, 3.05) is 33.4 Å². The average Bonchev–Trinajstić information content (AvgIpc) is 2.32. The number of hydrogen-bond acceptors (Lipinski definition) is 4. The summed E-state index contributed by atoms with van der Waals surface area (Å²) in [6.07, 6.45) is 0. The second-order valence-corrected chi connectivity index (χ2v) is 5.74. The van der Waals surface area contributed by atoms with E-state index in [0.717, 1.165) is 0 Å². The monoisotopic (exact) mass is 288 g/mol. The molecule has 0 aromatic rings. The van der Waals surface area contributed by atoms with Crippen molar-refractivity contribution in [3.63, 3.8) is 0 Å². The Labute approximate surface area is 119 Å². The van der Waals surface area contributed by atoms with Crippen molar-refractivity contribution in [2.45, 2.75) is 32.4 Å². The number of methoxy groups -OCH3 is 1. The first-order valence-electron chi connectivity index (χ1n) is 6.67. The molecule has 0 radical (unpaired) electrons. The summed E-state index contributed by atoms with van der Waals surface area (Å²) in [6, 6.07) is -0.212.